The molecule has 0 spiro atoms. The van der Waals surface area contributed by atoms with Crippen LogP contribution in [-0.2, 0) is 30.8 Å². The number of imidazole rings is 1. The second-order valence-corrected chi connectivity index (χ2v) is 7.91. The number of aromatic nitrogens is 5. The summed E-state index contributed by atoms with van der Waals surface area (Å²) in [7, 11) is 0. The SMILES string of the molecule is CCc1nc2ccccc2n1CC(=O)N1CCC(c2nnc3n2CCNC3)CC1. The third-order valence-corrected chi connectivity index (χ3v) is 6.21. The molecule has 2 aliphatic rings. The second-order valence-electron chi connectivity index (χ2n) is 7.91. The molecule has 3 aromatic rings. The van der Waals surface area contributed by atoms with E-state index in [4.69, 9.17) is 0 Å². The molecule has 0 radical (unpaired) electrons. The van der Waals surface area contributed by atoms with Gasteiger partial charge in [-0.25, -0.2) is 4.98 Å². The van der Waals surface area contributed by atoms with E-state index in [1.165, 1.54) is 0 Å². The van der Waals surface area contributed by atoms with Crippen LogP contribution in [0.15, 0.2) is 24.3 Å². The summed E-state index contributed by atoms with van der Waals surface area (Å²) in [6, 6.07) is 8.05. The molecular formula is C21H27N7O. The van der Waals surface area contributed by atoms with Crippen molar-refractivity contribution in [3.05, 3.63) is 41.7 Å². The Balaban J connectivity index is 1.27. The lowest BCUT2D eigenvalue weighted by molar-refractivity contribution is -0.132. The van der Waals surface area contributed by atoms with E-state index in [1.54, 1.807) is 0 Å². The Kier molecular flexibility index (Phi) is 4.79. The summed E-state index contributed by atoms with van der Waals surface area (Å²) in [6.45, 7) is 6.69. The largest absolute Gasteiger partial charge is 0.341 e. The van der Waals surface area contributed by atoms with E-state index < -0.39 is 0 Å². The number of fused-ring (bicyclic) bond motifs is 2. The van der Waals surface area contributed by atoms with Crippen molar-refractivity contribution < 1.29 is 4.79 Å². The highest BCUT2D eigenvalue weighted by Crippen LogP contribution is 2.28. The van der Waals surface area contributed by atoms with Crippen molar-refractivity contribution in [3.8, 4) is 0 Å². The molecule has 29 heavy (non-hydrogen) atoms. The molecule has 5 rings (SSSR count). The summed E-state index contributed by atoms with van der Waals surface area (Å²) in [5, 5.41) is 12.1. The third kappa shape index (κ3) is 3.31. The van der Waals surface area contributed by atoms with Crippen molar-refractivity contribution in [1.29, 1.82) is 0 Å². The molecule has 2 aliphatic heterocycles. The number of nitrogens with one attached hydrogen (secondary N) is 1. The zero-order chi connectivity index (χ0) is 19.8. The smallest absolute Gasteiger partial charge is 0.242 e. The van der Waals surface area contributed by atoms with Crippen LogP contribution in [0.25, 0.3) is 11.0 Å². The maximum Gasteiger partial charge on any atom is 0.242 e. The Morgan fingerprint density at radius 1 is 1.17 bits per heavy atom. The van der Waals surface area contributed by atoms with Gasteiger partial charge in [0.2, 0.25) is 5.91 Å². The van der Waals surface area contributed by atoms with Crippen molar-refractivity contribution >= 4 is 16.9 Å². The molecule has 4 heterocycles. The van der Waals surface area contributed by atoms with Crippen LogP contribution in [0.1, 0.15) is 43.2 Å². The minimum Gasteiger partial charge on any atom is -0.341 e. The van der Waals surface area contributed by atoms with Gasteiger partial charge in [-0.2, -0.15) is 0 Å². The van der Waals surface area contributed by atoms with Crippen LogP contribution >= 0.6 is 0 Å². The van der Waals surface area contributed by atoms with Crippen molar-refractivity contribution in [2.45, 2.75) is 51.7 Å². The van der Waals surface area contributed by atoms with Crippen molar-refractivity contribution in [2.75, 3.05) is 19.6 Å². The molecule has 0 aliphatic carbocycles. The first kappa shape index (κ1) is 18.3. The van der Waals surface area contributed by atoms with Gasteiger partial charge in [-0.3, -0.25) is 4.79 Å². The molecule has 152 valence electrons. The monoisotopic (exact) mass is 393 g/mol. The first-order valence-electron chi connectivity index (χ1n) is 10.6. The highest BCUT2D eigenvalue weighted by Gasteiger charge is 2.29. The standard InChI is InChI=1S/C21H27N7O/c1-2-18-23-16-5-3-4-6-17(16)28(18)14-20(29)26-10-7-15(8-11-26)21-25-24-19-13-22-9-12-27(19)21/h3-6,15,22H,2,7-14H2,1H3. The first-order chi connectivity index (χ1) is 14.2. The average molecular weight is 393 g/mol. The number of aryl methyl sites for hydroxylation is 1. The van der Waals surface area contributed by atoms with Crippen LogP contribution in [0, 0.1) is 0 Å². The average Bonchev–Trinajstić information content (AvgIpc) is 3.35. The lowest BCUT2D eigenvalue weighted by Crippen LogP contribution is -2.40. The Morgan fingerprint density at radius 2 is 2.00 bits per heavy atom. The first-order valence-corrected chi connectivity index (χ1v) is 10.6. The number of para-hydroxylation sites is 2. The maximum atomic E-state index is 13.0. The van der Waals surface area contributed by atoms with Crippen LogP contribution in [0.2, 0.25) is 0 Å². The number of carbonyl (C=O) groups excluding carboxylic acids is 1. The maximum absolute atomic E-state index is 13.0. The molecule has 1 saturated heterocycles. The number of piperidine rings is 1. The van der Waals surface area contributed by atoms with Gasteiger partial charge in [0.05, 0.1) is 17.6 Å². The summed E-state index contributed by atoms with van der Waals surface area (Å²) in [5.41, 5.74) is 2.00. The van der Waals surface area contributed by atoms with E-state index in [1.807, 2.05) is 29.2 Å². The number of rotatable bonds is 4. The van der Waals surface area contributed by atoms with Crippen LogP contribution in [0.3, 0.4) is 0 Å². The van der Waals surface area contributed by atoms with Gasteiger partial charge >= 0.3 is 0 Å². The van der Waals surface area contributed by atoms with E-state index in [-0.39, 0.29) is 5.91 Å². The molecule has 0 saturated carbocycles. The number of amides is 1. The van der Waals surface area contributed by atoms with E-state index in [9.17, 15) is 4.79 Å². The van der Waals surface area contributed by atoms with Crippen LogP contribution in [-0.4, -0.2) is 54.8 Å². The van der Waals surface area contributed by atoms with E-state index in [0.29, 0.717) is 12.5 Å². The summed E-state index contributed by atoms with van der Waals surface area (Å²) in [5.74, 6) is 3.66. The number of hydrogen-bond acceptors (Lipinski definition) is 5. The highest BCUT2D eigenvalue weighted by atomic mass is 16.2. The fraction of sp³-hybridized carbons (Fsp3) is 0.524. The molecule has 8 nitrogen and oxygen atoms in total. The molecule has 8 heteroatoms. The van der Waals surface area contributed by atoms with Crippen LogP contribution < -0.4 is 5.32 Å². The van der Waals surface area contributed by atoms with Gasteiger partial charge < -0.3 is 19.4 Å². The zero-order valence-electron chi connectivity index (χ0n) is 16.8. The topological polar surface area (TPSA) is 80.9 Å². The minimum absolute atomic E-state index is 0.175. The quantitative estimate of drug-likeness (QED) is 0.730. The molecule has 1 amide bonds. The minimum atomic E-state index is 0.175. The molecule has 1 aromatic carbocycles. The lowest BCUT2D eigenvalue weighted by Gasteiger charge is -2.32. The van der Waals surface area contributed by atoms with Gasteiger partial charge in [0.25, 0.3) is 0 Å². The summed E-state index contributed by atoms with van der Waals surface area (Å²) in [4.78, 5) is 19.7. The molecule has 1 N–H and O–H groups in total. The third-order valence-electron chi connectivity index (χ3n) is 6.21. The Bertz CT molecular complexity index is 1030. The predicted molar refractivity (Wildman–Crippen MR) is 109 cm³/mol. The van der Waals surface area contributed by atoms with E-state index in [0.717, 1.165) is 80.5 Å². The normalized spacial score (nSPS) is 17.6. The van der Waals surface area contributed by atoms with Crippen LogP contribution in [0.4, 0.5) is 0 Å². The Morgan fingerprint density at radius 3 is 2.83 bits per heavy atom. The number of hydrogen-bond donors (Lipinski definition) is 1. The van der Waals surface area contributed by atoms with Gasteiger partial charge in [-0.1, -0.05) is 19.1 Å². The molecular weight excluding hydrogens is 366 g/mol. The van der Waals surface area contributed by atoms with Gasteiger partial charge in [-0.15, -0.1) is 10.2 Å². The van der Waals surface area contributed by atoms with E-state index in [2.05, 4.69) is 36.6 Å². The number of nitrogens with zero attached hydrogens (tertiary/aromatic N) is 6. The number of likely N-dealkylation sites (tertiary alicyclic amines) is 1. The number of carbonyl (C=O) groups is 1. The summed E-state index contributed by atoms with van der Waals surface area (Å²) < 4.78 is 4.34. The van der Waals surface area contributed by atoms with Gasteiger partial charge in [0.1, 0.15) is 24.0 Å². The molecule has 2 aromatic heterocycles. The predicted octanol–water partition coefficient (Wildman–Crippen LogP) is 1.70. The molecule has 0 atom stereocenters. The van der Waals surface area contributed by atoms with Crippen molar-refractivity contribution in [2.24, 2.45) is 0 Å². The second kappa shape index (κ2) is 7.59. The van der Waals surface area contributed by atoms with Crippen LogP contribution in [0.5, 0.6) is 0 Å². The van der Waals surface area contributed by atoms with Gasteiger partial charge in [0.15, 0.2) is 0 Å². The number of benzene rings is 1. The molecule has 1 fully saturated rings. The Labute approximate surface area is 169 Å². The zero-order valence-corrected chi connectivity index (χ0v) is 16.8. The highest BCUT2D eigenvalue weighted by molar-refractivity contribution is 5.81. The molecule has 0 bridgehead atoms. The fourth-order valence-electron chi connectivity index (χ4n) is 4.61. The summed E-state index contributed by atoms with van der Waals surface area (Å²) >= 11 is 0. The lowest BCUT2D eigenvalue weighted by atomic mass is 9.95. The molecule has 0 unspecified atom stereocenters. The van der Waals surface area contributed by atoms with Crippen molar-refractivity contribution in [1.82, 2.24) is 34.5 Å². The van der Waals surface area contributed by atoms with Gasteiger partial charge in [-0.05, 0) is 25.0 Å². The van der Waals surface area contributed by atoms with Crippen molar-refractivity contribution in [3.63, 3.8) is 0 Å². The summed E-state index contributed by atoms with van der Waals surface area (Å²) in [6.07, 6.45) is 2.71. The Hall–Kier alpha value is -2.74. The van der Waals surface area contributed by atoms with E-state index >= 15 is 0 Å². The van der Waals surface area contributed by atoms with Gasteiger partial charge in [0, 0.05) is 38.5 Å². The fourth-order valence-corrected chi connectivity index (χ4v) is 4.61.